The highest BCUT2D eigenvalue weighted by atomic mass is 32.2. The Bertz CT molecular complexity index is 580. The lowest BCUT2D eigenvalue weighted by atomic mass is 10.3. The van der Waals surface area contributed by atoms with Gasteiger partial charge in [0.25, 0.3) is 0 Å². The van der Waals surface area contributed by atoms with E-state index >= 15 is 0 Å². The third kappa shape index (κ3) is 2.83. The second kappa shape index (κ2) is 5.41. The zero-order chi connectivity index (χ0) is 13.1. The van der Waals surface area contributed by atoms with Crippen LogP contribution in [0.15, 0.2) is 29.2 Å². The van der Waals surface area contributed by atoms with Gasteiger partial charge in [-0.2, -0.15) is 0 Å². The van der Waals surface area contributed by atoms with E-state index in [1.54, 1.807) is 11.8 Å². The number of rotatable bonds is 4. The van der Waals surface area contributed by atoms with Gasteiger partial charge in [0.15, 0.2) is 10.9 Å². The molecule has 0 bridgehead atoms. The summed E-state index contributed by atoms with van der Waals surface area (Å²) < 4.78 is 0. The SMILES string of the molecule is CSc1cccc(Nc2nc(N)c(C(C)=O)s2)c1. The smallest absolute Gasteiger partial charge is 0.189 e. The van der Waals surface area contributed by atoms with Crippen LogP contribution in [-0.4, -0.2) is 17.0 Å². The number of nitrogens with two attached hydrogens (primary N) is 1. The molecule has 94 valence electrons. The van der Waals surface area contributed by atoms with Crippen LogP contribution >= 0.6 is 23.1 Å². The molecule has 3 N–H and O–H groups in total. The average molecular weight is 279 g/mol. The first-order chi connectivity index (χ1) is 8.60. The number of hydrogen-bond donors (Lipinski definition) is 2. The molecule has 4 nitrogen and oxygen atoms in total. The van der Waals surface area contributed by atoms with Crippen molar-refractivity contribution in [1.29, 1.82) is 0 Å². The Kier molecular flexibility index (Phi) is 3.88. The molecule has 1 aromatic heterocycles. The monoisotopic (exact) mass is 279 g/mol. The average Bonchev–Trinajstić information content (AvgIpc) is 2.70. The van der Waals surface area contributed by atoms with Crippen molar-refractivity contribution in [1.82, 2.24) is 4.98 Å². The molecule has 0 radical (unpaired) electrons. The predicted octanol–water partition coefficient (Wildman–Crippen LogP) is 3.39. The number of benzene rings is 1. The van der Waals surface area contributed by atoms with Crippen LogP contribution in [0, 0.1) is 0 Å². The Balaban J connectivity index is 2.23. The minimum Gasteiger partial charge on any atom is -0.382 e. The van der Waals surface area contributed by atoms with Crippen LogP contribution in [0.4, 0.5) is 16.6 Å². The molecule has 2 aromatic rings. The van der Waals surface area contributed by atoms with E-state index in [4.69, 9.17) is 5.73 Å². The van der Waals surface area contributed by atoms with Crippen molar-refractivity contribution >= 4 is 45.5 Å². The minimum atomic E-state index is -0.0593. The van der Waals surface area contributed by atoms with E-state index in [-0.39, 0.29) is 11.6 Å². The quantitative estimate of drug-likeness (QED) is 0.663. The molecule has 1 aromatic carbocycles. The molecule has 0 spiro atoms. The first-order valence-corrected chi connectivity index (χ1v) is 7.32. The fourth-order valence-corrected chi connectivity index (χ4v) is 2.72. The van der Waals surface area contributed by atoms with E-state index in [2.05, 4.69) is 10.3 Å². The molecule has 0 saturated carbocycles. The number of Topliss-reactive ketones (excluding diaryl/α,β-unsaturated/α-hetero) is 1. The summed E-state index contributed by atoms with van der Waals surface area (Å²) in [5, 5.41) is 3.79. The predicted molar refractivity (Wildman–Crippen MR) is 78.0 cm³/mol. The van der Waals surface area contributed by atoms with Gasteiger partial charge in [-0.15, -0.1) is 11.8 Å². The molecule has 0 aliphatic rings. The number of thiazole rings is 1. The van der Waals surface area contributed by atoms with Gasteiger partial charge in [-0.25, -0.2) is 4.98 Å². The summed E-state index contributed by atoms with van der Waals surface area (Å²) >= 11 is 2.94. The summed E-state index contributed by atoms with van der Waals surface area (Å²) in [6.07, 6.45) is 2.02. The van der Waals surface area contributed by atoms with E-state index in [1.165, 1.54) is 18.3 Å². The third-order valence-corrected chi connectivity index (χ3v) is 4.11. The number of hydrogen-bond acceptors (Lipinski definition) is 6. The number of carbonyl (C=O) groups excluding carboxylic acids is 1. The Morgan fingerprint density at radius 1 is 1.50 bits per heavy atom. The minimum absolute atomic E-state index is 0.0593. The molecular weight excluding hydrogens is 266 g/mol. The molecular formula is C12H13N3OS2. The molecule has 0 amide bonds. The Hall–Kier alpha value is -1.53. The van der Waals surface area contributed by atoms with Crippen LogP contribution in [0.25, 0.3) is 0 Å². The van der Waals surface area contributed by atoms with Crippen LogP contribution < -0.4 is 11.1 Å². The molecule has 0 aliphatic carbocycles. The van der Waals surface area contributed by atoms with Crippen molar-refractivity contribution in [3.63, 3.8) is 0 Å². The Morgan fingerprint density at radius 3 is 2.89 bits per heavy atom. The second-order valence-corrected chi connectivity index (χ2v) is 5.53. The topological polar surface area (TPSA) is 68.0 Å². The number of carbonyl (C=O) groups is 1. The summed E-state index contributed by atoms with van der Waals surface area (Å²) in [5.41, 5.74) is 6.62. The largest absolute Gasteiger partial charge is 0.382 e. The maximum atomic E-state index is 11.3. The lowest BCUT2D eigenvalue weighted by Gasteiger charge is -2.03. The van der Waals surface area contributed by atoms with Crippen molar-refractivity contribution in [3.05, 3.63) is 29.1 Å². The summed E-state index contributed by atoms with van der Waals surface area (Å²) in [6.45, 7) is 1.49. The summed E-state index contributed by atoms with van der Waals surface area (Å²) in [6, 6.07) is 7.98. The molecule has 2 rings (SSSR count). The number of thioether (sulfide) groups is 1. The second-order valence-electron chi connectivity index (χ2n) is 3.65. The first-order valence-electron chi connectivity index (χ1n) is 5.28. The van der Waals surface area contributed by atoms with Crippen molar-refractivity contribution < 1.29 is 4.79 Å². The molecule has 0 atom stereocenters. The van der Waals surface area contributed by atoms with Crippen molar-refractivity contribution in [2.45, 2.75) is 11.8 Å². The van der Waals surface area contributed by atoms with E-state index in [0.717, 1.165) is 10.6 Å². The molecule has 0 fully saturated rings. The van der Waals surface area contributed by atoms with E-state index < -0.39 is 0 Å². The van der Waals surface area contributed by atoms with Gasteiger partial charge >= 0.3 is 0 Å². The molecule has 0 unspecified atom stereocenters. The van der Waals surface area contributed by atoms with Gasteiger partial charge in [0.05, 0.1) is 0 Å². The van der Waals surface area contributed by atoms with Crippen molar-refractivity contribution in [2.75, 3.05) is 17.3 Å². The van der Waals surface area contributed by atoms with Crippen LogP contribution in [0.5, 0.6) is 0 Å². The number of nitrogen functional groups attached to an aromatic ring is 1. The molecule has 0 aliphatic heterocycles. The van der Waals surface area contributed by atoms with Crippen LogP contribution in [-0.2, 0) is 0 Å². The number of aromatic nitrogens is 1. The van der Waals surface area contributed by atoms with Crippen LogP contribution in [0.1, 0.15) is 16.6 Å². The lowest BCUT2D eigenvalue weighted by Crippen LogP contribution is -1.95. The molecule has 0 saturated heterocycles. The van der Waals surface area contributed by atoms with Gasteiger partial charge in [0, 0.05) is 17.5 Å². The maximum Gasteiger partial charge on any atom is 0.189 e. The van der Waals surface area contributed by atoms with Gasteiger partial charge < -0.3 is 11.1 Å². The lowest BCUT2D eigenvalue weighted by molar-refractivity contribution is 0.102. The zero-order valence-corrected chi connectivity index (χ0v) is 11.7. The van der Waals surface area contributed by atoms with E-state index in [1.807, 2.05) is 30.5 Å². The highest BCUT2D eigenvalue weighted by molar-refractivity contribution is 7.98. The summed E-state index contributed by atoms with van der Waals surface area (Å²) in [4.78, 5) is 17.1. The number of nitrogens with one attached hydrogen (secondary N) is 1. The number of anilines is 3. The van der Waals surface area contributed by atoms with Gasteiger partial charge in [0.1, 0.15) is 10.7 Å². The number of nitrogens with zero attached hydrogens (tertiary/aromatic N) is 1. The fraction of sp³-hybridized carbons (Fsp3) is 0.167. The summed E-state index contributed by atoms with van der Waals surface area (Å²) in [5.74, 6) is 0.229. The highest BCUT2D eigenvalue weighted by Crippen LogP contribution is 2.29. The van der Waals surface area contributed by atoms with E-state index in [0.29, 0.717) is 10.0 Å². The maximum absolute atomic E-state index is 11.3. The molecule has 6 heteroatoms. The first kappa shape index (κ1) is 12.9. The normalized spacial score (nSPS) is 10.3. The van der Waals surface area contributed by atoms with Gasteiger partial charge in [0.2, 0.25) is 0 Å². The standard InChI is InChI=1S/C12H13N3OS2/c1-7(16)10-11(13)15-12(18-10)14-8-4-3-5-9(6-8)17-2/h3-6H,13H2,1-2H3,(H,14,15). The Labute approximate surface area is 114 Å². The fourth-order valence-electron chi connectivity index (χ4n) is 1.46. The van der Waals surface area contributed by atoms with Crippen molar-refractivity contribution in [2.24, 2.45) is 0 Å². The van der Waals surface area contributed by atoms with Crippen LogP contribution in [0.2, 0.25) is 0 Å². The van der Waals surface area contributed by atoms with Gasteiger partial charge in [-0.3, -0.25) is 4.79 Å². The number of ketones is 1. The zero-order valence-electron chi connectivity index (χ0n) is 10.1. The van der Waals surface area contributed by atoms with Crippen LogP contribution in [0.3, 0.4) is 0 Å². The molecule has 18 heavy (non-hydrogen) atoms. The van der Waals surface area contributed by atoms with Gasteiger partial charge in [-0.05, 0) is 24.5 Å². The highest BCUT2D eigenvalue weighted by Gasteiger charge is 2.12. The van der Waals surface area contributed by atoms with E-state index in [9.17, 15) is 4.79 Å². The molecule has 1 heterocycles. The van der Waals surface area contributed by atoms with Crippen molar-refractivity contribution in [3.8, 4) is 0 Å². The third-order valence-electron chi connectivity index (χ3n) is 2.29. The Morgan fingerprint density at radius 2 is 2.28 bits per heavy atom. The summed E-state index contributed by atoms with van der Waals surface area (Å²) in [7, 11) is 0. The van der Waals surface area contributed by atoms with Gasteiger partial charge in [-0.1, -0.05) is 17.4 Å².